The number of carbonyl (C=O) groups excluding carboxylic acids is 1. The number of rotatable bonds is 3. The molecule has 4 rings (SSSR count). The van der Waals surface area contributed by atoms with Gasteiger partial charge >= 0.3 is 0 Å². The Morgan fingerprint density at radius 2 is 2.00 bits per heavy atom. The number of carbonyl (C=O) groups is 1. The highest BCUT2D eigenvalue weighted by Crippen LogP contribution is 2.58. The molecule has 2 fully saturated rings. The van der Waals surface area contributed by atoms with Crippen molar-refractivity contribution in [2.45, 2.75) is 26.2 Å². The normalized spacial score (nSPS) is 21.1. The minimum absolute atomic E-state index is 0. The lowest BCUT2D eigenvalue weighted by Crippen LogP contribution is -2.31. The Labute approximate surface area is 152 Å². The number of piperidine rings is 1. The third kappa shape index (κ3) is 3.34. The number of thiazole rings is 1. The van der Waals surface area contributed by atoms with Gasteiger partial charge in [0, 0.05) is 22.5 Å². The molecule has 6 heteroatoms. The van der Waals surface area contributed by atoms with E-state index in [-0.39, 0.29) is 29.6 Å². The van der Waals surface area contributed by atoms with Crippen LogP contribution in [-0.2, 0) is 4.79 Å². The number of nitrogens with zero attached hydrogens (tertiary/aromatic N) is 1. The molecule has 4 nitrogen and oxygen atoms in total. The van der Waals surface area contributed by atoms with Crippen LogP contribution in [0.1, 0.15) is 24.3 Å². The van der Waals surface area contributed by atoms with Gasteiger partial charge < -0.3 is 10.6 Å². The van der Waals surface area contributed by atoms with Gasteiger partial charge in [-0.3, -0.25) is 4.79 Å². The molecule has 24 heavy (non-hydrogen) atoms. The first-order valence-electron chi connectivity index (χ1n) is 8.20. The van der Waals surface area contributed by atoms with E-state index in [0.717, 1.165) is 54.3 Å². The maximum Gasteiger partial charge on any atom is 0.228 e. The maximum absolute atomic E-state index is 12.5. The van der Waals surface area contributed by atoms with Crippen molar-refractivity contribution in [1.82, 2.24) is 10.3 Å². The number of benzene rings is 1. The molecule has 2 aliphatic rings. The van der Waals surface area contributed by atoms with Gasteiger partial charge in [-0.15, -0.1) is 23.7 Å². The number of hydrogen-bond donors (Lipinski definition) is 2. The molecule has 0 bridgehead atoms. The van der Waals surface area contributed by atoms with Gasteiger partial charge in [0.1, 0.15) is 0 Å². The van der Waals surface area contributed by atoms with Gasteiger partial charge in [-0.25, -0.2) is 4.98 Å². The fourth-order valence-electron chi connectivity index (χ4n) is 3.65. The van der Waals surface area contributed by atoms with Gasteiger partial charge in [-0.05, 0) is 56.8 Å². The quantitative estimate of drug-likeness (QED) is 0.870. The highest BCUT2D eigenvalue weighted by molar-refractivity contribution is 7.09. The van der Waals surface area contributed by atoms with Crippen LogP contribution in [0.25, 0.3) is 11.3 Å². The van der Waals surface area contributed by atoms with Gasteiger partial charge in [0.2, 0.25) is 5.91 Å². The molecule has 1 saturated heterocycles. The Morgan fingerprint density at radius 1 is 1.29 bits per heavy atom. The van der Waals surface area contributed by atoms with Crippen LogP contribution in [0.5, 0.6) is 0 Å². The van der Waals surface area contributed by atoms with E-state index in [1.165, 1.54) is 0 Å². The molecule has 1 aliphatic carbocycles. The Hall–Kier alpha value is -1.43. The second-order valence-corrected chi connectivity index (χ2v) is 7.75. The third-order valence-corrected chi connectivity index (χ3v) is 5.95. The van der Waals surface area contributed by atoms with E-state index in [1.807, 2.05) is 31.2 Å². The molecule has 1 aromatic carbocycles. The van der Waals surface area contributed by atoms with Crippen LogP contribution in [0, 0.1) is 18.3 Å². The van der Waals surface area contributed by atoms with Gasteiger partial charge in [0.15, 0.2) is 0 Å². The monoisotopic (exact) mass is 363 g/mol. The number of aromatic nitrogens is 1. The van der Waals surface area contributed by atoms with Gasteiger partial charge in [-0.1, -0.05) is 12.1 Å². The SMILES string of the molecule is Cc1nc(-c2ccc(NC(=O)C3CC34CCNCC4)cc2)cs1.Cl. The molecule has 2 N–H and O–H groups in total. The molecule has 1 spiro atoms. The largest absolute Gasteiger partial charge is 0.326 e. The van der Waals surface area contributed by atoms with Crippen LogP contribution in [0.4, 0.5) is 5.69 Å². The molecule has 1 amide bonds. The average molecular weight is 364 g/mol. The average Bonchev–Trinajstić information content (AvgIpc) is 3.07. The van der Waals surface area contributed by atoms with Crippen molar-refractivity contribution >= 4 is 35.3 Å². The Morgan fingerprint density at radius 3 is 2.62 bits per heavy atom. The molecular formula is C18H22ClN3OS. The summed E-state index contributed by atoms with van der Waals surface area (Å²) < 4.78 is 0. The van der Waals surface area contributed by atoms with Gasteiger partial charge in [0.25, 0.3) is 0 Å². The van der Waals surface area contributed by atoms with E-state index in [1.54, 1.807) is 11.3 Å². The predicted octanol–water partition coefficient (Wildman–Crippen LogP) is 3.87. The summed E-state index contributed by atoms with van der Waals surface area (Å²) in [6.45, 7) is 4.10. The van der Waals surface area contributed by atoms with Crippen molar-refractivity contribution in [2.75, 3.05) is 18.4 Å². The van der Waals surface area contributed by atoms with Crippen LogP contribution in [0.2, 0.25) is 0 Å². The Balaban J connectivity index is 0.00000169. The summed E-state index contributed by atoms with van der Waals surface area (Å²) in [5.74, 6) is 0.384. The van der Waals surface area contributed by atoms with Crippen molar-refractivity contribution in [1.29, 1.82) is 0 Å². The first-order chi connectivity index (χ1) is 11.2. The summed E-state index contributed by atoms with van der Waals surface area (Å²) in [7, 11) is 0. The van der Waals surface area contributed by atoms with E-state index in [2.05, 4.69) is 21.0 Å². The summed E-state index contributed by atoms with van der Waals surface area (Å²) in [4.78, 5) is 17.0. The highest BCUT2D eigenvalue weighted by atomic mass is 35.5. The molecule has 0 radical (unpaired) electrons. The predicted molar refractivity (Wildman–Crippen MR) is 101 cm³/mol. The number of anilines is 1. The summed E-state index contributed by atoms with van der Waals surface area (Å²) in [5.41, 5.74) is 3.25. The first kappa shape index (κ1) is 17.4. The maximum atomic E-state index is 12.5. The van der Waals surface area contributed by atoms with Crippen molar-refractivity contribution in [3.05, 3.63) is 34.7 Å². The lowest BCUT2D eigenvalue weighted by Gasteiger charge is -2.23. The summed E-state index contributed by atoms with van der Waals surface area (Å²) in [6, 6.07) is 7.99. The fraction of sp³-hybridized carbons (Fsp3) is 0.444. The number of hydrogen-bond acceptors (Lipinski definition) is 4. The zero-order valence-electron chi connectivity index (χ0n) is 13.7. The Kier molecular flexibility index (Phi) is 4.95. The number of halogens is 1. The molecule has 1 unspecified atom stereocenters. The van der Waals surface area contributed by atoms with Crippen LogP contribution in [-0.4, -0.2) is 24.0 Å². The van der Waals surface area contributed by atoms with Gasteiger partial charge in [-0.2, -0.15) is 0 Å². The number of amides is 1. The summed E-state index contributed by atoms with van der Waals surface area (Å²) in [6.07, 6.45) is 3.32. The lowest BCUT2D eigenvalue weighted by molar-refractivity contribution is -0.118. The molecule has 128 valence electrons. The number of aryl methyl sites for hydroxylation is 1. The molecule has 1 atom stereocenters. The third-order valence-electron chi connectivity index (χ3n) is 5.17. The van der Waals surface area contributed by atoms with Crippen LogP contribution in [0.15, 0.2) is 29.6 Å². The molecule has 2 heterocycles. The summed E-state index contributed by atoms with van der Waals surface area (Å²) >= 11 is 1.65. The topological polar surface area (TPSA) is 54.0 Å². The first-order valence-corrected chi connectivity index (χ1v) is 9.08. The van der Waals surface area contributed by atoms with Crippen LogP contribution in [0.3, 0.4) is 0 Å². The highest BCUT2D eigenvalue weighted by Gasteiger charge is 2.57. The minimum Gasteiger partial charge on any atom is -0.326 e. The zero-order chi connectivity index (χ0) is 15.9. The molecule has 1 saturated carbocycles. The second kappa shape index (κ2) is 6.82. The standard InChI is InChI=1S/C18H21N3OS.ClH/c1-12-20-16(11-23-12)13-2-4-14(5-3-13)21-17(22)15-10-18(15)6-8-19-9-7-18;/h2-5,11,15,19H,6-10H2,1H3,(H,21,22);1H. The zero-order valence-corrected chi connectivity index (χ0v) is 15.3. The van der Waals surface area contributed by atoms with Crippen molar-refractivity contribution < 1.29 is 4.79 Å². The van der Waals surface area contributed by atoms with Crippen molar-refractivity contribution in [3.8, 4) is 11.3 Å². The fourth-order valence-corrected chi connectivity index (χ4v) is 4.27. The van der Waals surface area contributed by atoms with Gasteiger partial charge in [0.05, 0.1) is 10.7 Å². The van der Waals surface area contributed by atoms with Crippen LogP contribution >= 0.6 is 23.7 Å². The molecule has 1 aromatic heterocycles. The Bertz CT molecular complexity index is 722. The molecule has 1 aliphatic heterocycles. The van der Waals surface area contributed by atoms with E-state index >= 15 is 0 Å². The second-order valence-electron chi connectivity index (χ2n) is 6.69. The minimum atomic E-state index is 0. The van der Waals surface area contributed by atoms with Crippen molar-refractivity contribution in [2.24, 2.45) is 11.3 Å². The van der Waals surface area contributed by atoms with E-state index in [0.29, 0.717) is 0 Å². The van der Waals surface area contributed by atoms with Crippen LogP contribution < -0.4 is 10.6 Å². The molecule has 2 aromatic rings. The molecular weight excluding hydrogens is 342 g/mol. The van der Waals surface area contributed by atoms with E-state index in [9.17, 15) is 4.79 Å². The number of nitrogens with one attached hydrogen (secondary N) is 2. The summed E-state index contributed by atoms with van der Waals surface area (Å²) in [5, 5.41) is 9.59. The smallest absolute Gasteiger partial charge is 0.228 e. The van der Waals surface area contributed by atoms with Crippen molar-refractivity contribution in [3.63, 3.8) is 0 Å². The van der Waals surface area contributed by atoms with E-state index in [4.69, 9.17) is 0 Å². The van der Waals surface area contributed by atoms with E-state index < -0.39 is 0 Å². The lowest BCUT2D eigenvalue weighted by atomic mass is 9.92.